The molecule has 0 aliphatic rings. The van der Waals surface area contributed by atoms with E-state index in [1.165, 1.54) is 212 Å². The van der Waals surface area contributed by atoms with Crippen molar-refractivity contribution in [3.8, 4) is 0 Å². The smallest absolute Gasteiger partial charge is 0.268 e. The van der Waals surface area contributed by atoms with Gasteiger partial charge >= 0.3 is 0 Å². The van der Waals surface area contributed by atoms with Gasteiger partial charge in [-0.15, -0.1) is 0 Å². The Kier molecular flexibility index (Phi) is 47.8. The number of hydrogen-bond acceptors (Lipinski definition) is 6. The molecule has 0 rings (SSSR count). The zero-order valence-corrected chi connectivity index (χ0v) is 45.3. The molecule has 0 aliphatic heterocycles. The Morgan fingerprint density at radius 3 is 1.23 bits per heavy atom. The number of allylic oxidation sites excluding steroid dienone is 5. The largest absolute Gasteiger partial charge is 0.756 e. The first-order valence-electron chi connectivity index (χ1n) is 28.4. The van der Waals surface area contributed by atoms with Crippen molar-refractivity contribution in [2.45, 2.75) is 283 Å². The lowest BCUT2D eigenvalue weighted by Crippen LogP contribution is -2.45. The molecule has 0 aromatic rings. The number of quaternary nitrogens is 1. The zero-order valence-electron chi connectivity index (χ0n) is 44.4. The van der Waals surface area contributed by atoms with E-state index in [2.05, 4.69) is 43.5 Å². The predicted molar refractivity (Wildman–Crippen MR) is 284 cm³/mol. The number of aliphatic hydroxyl groups is 1. The van der Waals surface area contributed by atoms with Crippen LogP contribution in [0, 0.1) is 0 Å². The van der Waals surface area contributed by atoms with Gasteiger partial charge in [0.05, 0.1) is 39.9 Å². The maximum Gasteiger partial charge on any atom is 0.268 e. The number of hydrogen-bond donors (Lipinski definition) is 2. The highest BCUT2D eigenvalue weighted by Crippen LogP contribution is 2.38. The molecule has 0 heterocycles. The van der Waals surface area contributed by atoms with E-state index in [0.29, 0.717) is 17.4 Å². The Morgan fingerprint density at radius 2 is 0.848 bits per heavy atom. The molecule has 0 aromatic heterocycles. The summed E-state index contributed by atoms with van der Waals surface area (Å²) in [6.07, 6.45) is 62.4. The molecule has 0 aliphatic carbocycles. The van der Waals surface area contributed by atoms with Gasteiger partial charge < -0.3 is 28.8 Å². The molecule has 390 valence electrons. The fourth-order valence-electron chi connectivity index (χ4n) is 8.34. The number of unbranched alkanes of at least 4 members (excludes halogenated alkanes) is 35. The van der Waals surface area contributed by atoms with Gasteiger partial charge in [0.1, 0.15) is 13.2 Å². The number of likely N-dealkylation sites (N-methyl/N-ethyl adjacent to an activating group) is 1. The summed E-state index contributed by atoms with van der Waals surface area (Å²) >= 11 is 0. The summed E-state index contributed by atoms with van der Waals surface area (Å²) in [7, 11) is 1.25. The molecule has 0 fully saturated rings. The van der Waals surface area contributed by atoms with E-state index in [4.69, 9.17) is 9.05 Å². The van der Waals surface area contributed by atoms with Gasteiger partial charge in [-0.2, -0.15) is 0 Å². The number of nitrogens with zero attached hydrogens (tertiary/aromatic N) is 1. The summed E-state index contributed by atoms with van der Waals surface area (Å²) in [6, 6.07) is -0.900. The Balaban J connectivity index is 4.04. The van der Waals surface area contributed by atoms with Gasteiger partial charge in [0, 0.05) is 6.42 Å². The first-order chi connectivity index (χ1) is 32.0. The molecule has 0 spiro atoms. The minimum Gasteiger partial charge on any atom is -0.756 e. The monoisotopic (exact) mass is 951 g/mol. The summed E-state index contributed by atoms with van der Waals surface area (Å²) < 4.78 is 23.3. The van der Waals surface area contributed by atoms with E-state index >= 15 is 0 Å². The molecule has 0 saturated carbocycles. The predicted octanol–water partition coefficient (Wildman–Crippen LogP) is 16.4. The second kappa shape index (κ2) is 48.7. The van der Waals surface area contributed by atoms with Crippen LogP contribution in [0.3, 0.4) is 0 Å². The van der Waals surface area contributed by atoms with Crippen LogP contribution in [0.5, 0.6) is 0 Å². The lowest BCUT2D eigenvalue weighted by Gasteiger charge is -2.29. The number of phosphoric acid groups is 1. The topological polar surface area (TPSA) is 108 Å². The van der Waals surface area contributed by atoms with Crippen molar-refractivity contribution in [2.75, 3.05) is 40.9 Å². The number of carbonyl (C=O) groups excluding carboxylic acids is 1. The number of amides is 1. The van der Waals surface area contributed by atoms with E-state index in [1.807, 2.05) is 27.2 Å². The minimum atomic E-state index is -4.60. The molecular formula is C57H111N2O6P. The molecule has 3 atom stereocenters. The first kappa shape index (κ1) is 64.7. The van der Waals surface area contributed by atoms with Crippen LogP contribution in [-0.4, -0.2) is 68.5 Å². The molecule has 0 saturated heterocycles. The number of rotatable bonds is 52. The third-order valence-corrected chi connectivity index (χ3v) is 13.8. The van der Waals surface area contributed by atoms with Crippen molar-refractivity contribution < 1.29 is 32.9 Å². The average Bonchev–Trinajstić information content (AvgIpc) is 3.28. The summed E-state index contributed by atoms with van der Waals surface area (Å²) in [6.45, 7) is 4.64. The van der Waals surface area contributed by atoms with Crippen molar-refractivity contribution in [2.24, 2.45) is 0 Å². The van der Waals surface area contributed by atoms with Gasteiger partial charge in [-0.25, -0.2) is 0 Å². The number of carbonyl (C=O) groups is 1. The van der Waals surface area contributed by atoms with Gasteiger partial charge in [0.15, 0.2) is 0 Å². The highest BCUT2D eigenvalue weighted by molar-refractivity contribution is 7.45. The molecular weight excluding hydrogens is 840 g/mol. The van der Waals surface area contributed by atoms with Crippen molar-refractivity contribution in [1.29, 1.82) is 0 Å². The Bertz CT molecular complexity index is 1170. The van der Waals surface area contributed by atoms with Crippen LogP contribution in [0.25, 0.3) is 0 Å². The number of phosphoric ester groups is 1. The standard InChI is InChI=1S/C57H111N2O6P/c1-6-8-10-12-14-16-18-20-21-22-23-24-25-26-27-28-29-30-31-32-33-34-35-36-37-39-41-43-45-47-49-51-57(61)58-55(54-65-66(62,63)64-53-52-59(3,4)5)56(60)50-48-46-44-42-40-38-19-17-15-13-11-9-7-2/h22-23,40,42,48,50,55-56,60H,6-21,24-39,41,43-47,49,51-54H2,1-5H3,(H-,58,61,62,63)/b23-22-,42-40+,50-48+. The van der Waals surface area contributed by atoms with Crippen LogP contribution in [-0.2, 0) is 18.4 Å². The van der Waals surface area contributed by atoms with E-state index in [1.54, 1.807) is 6.08 Å². The quantitative estimate of drug-likeness (QED) is 0.0272. The van der Waals surface area contributed by atoms with Gasteiger partial charge in [0.2, 0.25) is 5.91 Å². The average molecular weight is 951 g/mol. The number of aliphatic hydroxyl groups excluding tert-OH is 1. The van der Waals surface area contributed by atoms with Crippen molar-refractivity contribution in [3.63, 3.8) is 0 Å². The first-order valence-corrected chi connectivity index (χ1v) is 29.8. The fraction of sp³-hybridized carbons (Fsp3) is 0.877. The lowest BCUT2D eigenvalue weighted by atomic mass is 10.0. The fourth-order valence-corrected chi connectivity index (χ4v) is 9.06. The zero-order chi connectivity index (χ0) is 48.5. The molecule has 66 heavy (non-hydrogen) atoms. The molecule has 0 bridgehead atoms. The second-order valence-electron chi connectivity index (χ2n) is 20.6. The molecule has 9 heteroatoms. The van der Waals surface area contributed by atoms with Crippen molar-refractivity contribution in [1.82, 2.24) is 5.32 Å². The van der Waals surface area contributed by atoms with Crippen LogP contribution in [0.1, 0.15) is 271 Å². The van der Waals surface area contributed by atoms with Gasteiger partial charge in [-0.05, 0) is 57.8 Å². The molecule has 0 aromatic carbocycles. The molecule has 1 amide bonds. The molecule has 2 N–H and O–H groups in total. The van der Waals surface area contributed by atoms with Crippen molar-refractivity contribution >= 4 is 13.7 Å². The van der Waals surface area contributed by atoms with Crippen LogP contribution in [0.15, 0.2) is 36.5 Å². The van der Waals surface area contributed by atoms with Gasteiger partial charge in [0.25, 0.3) is 7.82 Å². The Morgan fingerprint density at radius 1 is 0.515 bits per heavy atom. The highest BCUT2D eigenvalue weighted by atomic mass is 31.2. The molecule has 3 unspecified atom stereocenters. The van der Waals surface area contributed by atoms with Crippen LogP contribution < -0.4 is 10.2 Å². The summed E-state index contributed by atoms with van der Waals surface area (Å²) in [4.78, 5) is 25.4. The summed E-state index contributed by atoms with van der Waals surface area (Å²) in [5, 5.41) is 13.8. The maximum absolute atomic E-state index is 12.9. The summed E-state index contributed by atoms with van der Waals surface area (Å²) in [5.41, 5.74) is 0. The van der Waals surface area contributed by atoms with Gasteiger partial charge in [-0.3, -0.25) is 9.36 Å². The maximum atomic E-state index is 12.9. The second-order valence-corrected chi connectivity index (χ2v) is 22.0. The van der Waals surface area contributed by atoms with E-state index in [-0.39, 0.29) is 19.1 Å². The summed E-state index contributed by atoms with van der Waals surface area (Å²) in [5.74, 6) is -0.204. The minimum absolute atomic E-state index is 0.00511. The molecule has 8 nitrogen and oxygen atoms in total. The third-order valence-electron chi connectivity index (χ3n) is 12.8. The SMILES string of the molecule is CCCCCCCCC/C=C/CC/C=C/C(O)C(COP(=O)([O-])OCC[N+](C)(C)C)NC(=O)CCCCCCCCCCCCCCCCCCCCC/C=C\CCCCCCCCCC. The van der Waals surface area contributed by atoms with Crippen LogP contribution in [0.4, 0.5) is 0 Å². The molecule has 0 radical (unpaired) electrons. The lowest BCUT2D eigenvalue weighted by molar-refractivity contribution is -0.870. The van der Waals surface area contributed by atoms with E-state index in [0.717, 1.165) is 38.5 Å². The van der Waals surface area contributed by atoms with E-state index < -0.39 is 20.0 Å². The van der Waals surface area contributed by atoms with Crippen LogP contribution >= 0.6 is 7.82 Å². The van der Waals surface area contributed by atoms with E-state index in [9.17, 15) is 19.4 Å². The van der Waals surface area contributed by atoms with Crippen molar-refractivity contribution in [3.05, 3.63) is 36.5 Å². The normalized spacial score (nSPS) is 14.2. The number of nitrogens with one attached hydrogen (secondary N) is 1. The van der Waals surface area contributed by atoms with Crippen LogP contribution in [0.2, 0.25) is 0 Å². The van der Waals surface area contributed by atoms with Gasteiger partial charge in [-0.1, -0.05) is 243 Å². The Labute approximate surface area is 410 Å². The highest BCUT2D eigenvalue weighted by Gasteiger charge is 2.23. The third kappa shape index (κ3) is 50.6. The Hall–Kier alpha value is -1.28.